The van der Waals surface area contributed by atoms with Crippen LogP contribution in [0, 0.1) is 54.2 Å². The molecule has 0 amide bonds. The summed E-state index contributed by atoms with van der Waals surface area (Å²) in [5.74, 6) is 0. The first-order chi connectivity index (χ1) is 8.09. The van der Waals surface area contributed by atoms with Crippen LogP contribution in [-0.4, -0.2) is 4.92 Å². The zero-order valence-electron chi connectivity index (χ0n) is 9.26. The van der Waals surface area contributed by atoms with Crippen molar-refractivity contribution < 1.29 is 49.0 Å². The number of nitro benzene ring substituents is 1. The van der Waals surface area contributed by atoms with Crippen LogP contribution in [0.15, 0.2) is 46.9 Å². The van der Waals surface area contributed by atoms with E-state index in [0.29, 0.717) is 10.0 Å². The summed E-state index contributed by atoms with van der Waals surface area (Å²) in [7, 11) is 0. The number of nitro groups is 1. The van der Waals surface area contributed by atoms with Crippen LogP contribution in [0.2, 0.25) is 0 Å². The molecule has 0 aliphatic heterocycles. The first-order valence-corrected chi connectivity index (χ1v) is 5.64. The third kappa shape index (κ3) is 3.31. The normalized spacial score (nSPS) is 9.61. The van der Waals surface area contributed by atoms with Crippen LogP contribution in [0.25, 0.3) is 16.9 Å². The Hall–Kier alpha value is -0.438. The second kappa shape index (κ2) is 6.65. The van der Waals surface area contributed by atoms with Crippen molar-refractivity contribution >= 4 is 27.3 Å². The third-order valence-corrected chi connectivity index (χ3v) is 3.02. The van der Waals surface area contributed by atoms with Crippen LogP contribution in [0.1, 0.15) is 0 Å². The maximum Gasteiger partial charge on any atom is 0.278 e. The summed E-state index contributed by atoms with van der Waals surface area (Å²) in [5, 5.41) is 11.0. The Balaban J connectivity index is 0.00000162. The summed E-state index contributed by atoms with van der Waals surface area (Å²) in [4.78, 5) is 10.5. The summed E-state index contributed by atoms with van der Waals surface area (Å²) in [6, 6.07) is 11.9. The minimum atomic E-state index is -0.438. The molecule has 0 aromatic heterocycles. The van der Waals surface area contributed by atoms with Gasteiger partial charge in [-0.1, -0.05) is 52.3 Å². The van der Waals surface area contributed by atoms with E-state index in [9.17, 15) is 10.1 Å². The van der Waals surface area contributed by atoms with Gasteiger partial charge >= 0.3 is 0 Å². The molecule has 2 aromatic carbocycles. The predicted octanol–water partition coefficient (Wildman–Crippen LogP) is 4.71. The minimum absolute atomic E-state index is 0. The first-order valence-electron chi connectivity index (χ1n) is 4.84. The van der Waals surface area contributed by atoms with E-state index in [2.05, 4.69) is 15.9 Å². The largest absolute Gasteiger partial charge is 0.698 e. The Labute approximate surface area is 148 Å². The van der Waals surface area contributed by atoms with Crippen LogP contribution in [-0.2, 0) is 0 Å². The van der Waals surface area contributed by atoms with Crippen molar-refractivity contribution in [2.24, 2.45) is 0 Å². The molecule has 4 nitrogen and oxygen atoms in total. The van der Waals surface area contributed by atoms with E-state index >= 15 is 0 Å². The molecular formula is C12H8AcBrN2O2-. The Morgan fingerprint density at radius 2 is 1.78 bits per heavy atom. The molecule has 2 rings (SSSR count). The van der Waals surface area contributed by atoms with Crippen LogP contribution < -0.4 is 0 Å². The minimum Gasteiger partial charge on any atom is -0.698 e. The molecule has 1 N–H and O–H groups in total. The van der Waals surface area contributed by atoms with Crippen LogP contribution in [0.4, 0.5) is 11.4 Å². The van der Waals surface area contributed by atoms with Gasteiger partial charge in [-0.3, -0.25) is 10.1 Å². The van der Waals surface area contributed by atoms with Gasteiger partial charge in [0.2, 0.25) is 0 Å². The second-order valence-corrected chi connectivity index (χ2v) is 4.33. The molecule has 0 unspecified atom stereocenters. The molecule has 18 heavy (non-hydrogen) atoms. The molecule has 0 heterocycles. The molecule has 0 saturated heterocycles. The maximum atomic E-state index is 11.0. The molecule has 6 heteroatoms. The summed E-state index contributed by atoms with van der Waals surface area (Å²) in [6.07, 6.45) is 0. The SMILES string of the molecule is [Ac].[NH-]c1cc(-c2ccccc2)c([N+](=O)[O-])cc1Br. The van der Waals surface area contributed by atoms with Gasteiger partial charge in [0.25, 0.3) is 5.69 Å². The number of nitrogens with zero attached hydrogens (tertiary/aromatic N) is 1. The summed E-state index contributed by atoms with van der Waals surface area (Å²) >= 11 is 3.13. The van der Waals surface area contributed by atoms with E-state index in [1.807, 2.05) is 18.2 Å². The quantitative estimate of drug-likeness (QED) is 0.427. The Morgan fingerprint density at radius 3 is 2.33 bits per heavy atom. The van der Waals surface area contributed by atoms with Crippen LogP contribution in [0.5, 0.6) is 0 Å². The van der Waals surface area contributed by atoms with Crippen molar-refractivity contribution in [1.29, 1.82) is 0 Å². The van der Waals surface area contributed by atoms with Gasteiger partial charge in [-0.2, -0.15) is 0 Å². The van der Waals surface area contributed by atoms with E-state index in [-0.39, 0.29) is 55.4 Å². The average Bonchev–Trinajstić information content (AvgIpc) is 2.33. The molecule has 1 radical (unpaired) electrons. The van der Waals surface area contributed by atoms with Crippen molar-refractivity contribution in [3.63, 3.8) is 0 Å². The van der Waals surface area contributed by atoms with Crippen molar-refractivity contribution in [2.75, 3.05) is 0 Å². The molecule has 0 saturated carbocycles. The molecule has 0 aliphatic carbocycles. The van der Waals surface area contributed by atoms with Gasteiger partial charge in [0.1, 0.15) is 0 Å². The molecule has 0 spiro atoms. The van der Waals surface area contributed by atoms with E-state index < -0.39 is 4.92 Å². The monoisotopic (exact) mass is 518 g/mol. The molecule has 0 fully saturated rings. The van der Waals surface area contributed by atoms with Crippen LogP contribution >= 0.6 is 15.9 Å². The van der Waals surface area contributed by atoms with Gasteiger partial charge in [-0.05, 0) is 5.56 Å². The predicted molar refractivity (Wildman–Crippen MR) is 70.2 cm³/mol. The Bertz CT molecular complexity index is 576. The number of benzene rings is 2. The molecule has 0 bridgehead atoms. The van der Waals surface area contributed by atoms with Gasteiger partial charge < -0.3 is 5.73 Å². The standard InChI is InChI=1S/C12H8BrN2O2.Ac/c13-10-7-12(15(16)17)9(6-11(10)14)8-4-2-1-3-5-8;/h1-7,14H;/q-1;. The molecule has 2 aromatic rings. The Morgan fingerprint density at radius 1 is 1.17 bits per heavy atom. The number of halogens is 1. The molecule has 0 atom stereocenters. The average molecular weight is 519 g/mol. The fraction of sp³-hybridized carbons (Fsp3) is 0. The van der Waals surface area contributed by atoms with Crippen molar-refractivity contribution in [2.45, 2.75) is 0 Å². The van der Waals surface area contributed by atoms with E-state index in [1.54, 1.807) is 12.1 Å². The molecular weight excluding hydrogens is 511 g/mol. The number of hydrogen-bond acceptors (Lipinski definition) is 2. The van der Waals surface area contributed by atoms with Gasteiger partial charge in [-0.25, -0.2) is 0 Å². The summed E-state index contributed by atoms with van der Waals surface area (Å²) in [5.41, 5.74) is 9.11. The topological polar surface area (TPSA) is 66.9 Å². The third-order valence-electron chi connectivity index (χ3n) is 2.37. The molecule has 89 valence electrons. The second-order valence-electron chi connectivity index (χ2n) is 3.47. The zero-order chi connectivity index (χ0) is 12.4. The fourth-order valence-corrected chi connectivity index (χ4v) is 1.89. The van der Waals surface area contributed by atoms with Crippen molar-refractivity contribution in [3.8, 4) is 11.1 Å². The first kappa shape index (κ1) is 15.6. The van der Waals surface area contributed by atoms with Gasteiger partial charge in [0.05, 0.1) is 10.5 Å². The van der Waals surface area contributed by atoms with Crippen molar-refractivity contribution in [1.82, 2.24) is 0 Å². The van der Waals surface area contributed by atoms with Crippen LogP contribution in [0.3, 0.4) is 0 Å². The fourth-order valence-electron chi connectivity index (χ4n) is 1.56. The number of rotatable bonds is 2. The van der Waals surface area contributed by atoms with Gasteiger partial charge in [0.15, 0.2) is 0 Å². The number of hydrogen-bond donors (Lipinski definition) is 0. The van der Waals surface area contributed by atoms with Gasteiger partial charge in [-0.15, -0.1) is 5.69 Å². The van der Waals surface area contributed by atoms with Crippen molar-refractivity contribution in [3.05, 3.63) is 62.8 Å². The molecule has 0 aliphatic rings. The maximum absolute atomic E-state index is 11.0. The van der Waals surface area contributed by atoms with E-state index in [1.165, 1.54) is 12.1 Å². The zero-order valence-corrected chi connectivity index (χ0v) is 15.6. The smallest absolute Gasteiger partial charge is 0.278 e. The Kier molecular flexibility index (Phi) is 5.77. The summed E-state index contributed by atoms with van der Waals surface area (Å²) in [6.45, 7) is 0. The van der Waals surface area contributed by atoms with E-state index in [0.717, 1.165) is 5.56 Å². The van der Waals surface area contributed by atoms with Gasteiger partial charge in [0, 0.05) is 54.6 Å². The summed E-state index contributed by atoms with van der Waals surface area (Å²) < 4.78 is 0.420. The van der Waals surface area contributed by atoms with E-state index in [4.69, 9.17) is 5.73 Å². The number of nitrogens with one attached hydrogen (secondary N) is 1.